The van der Waals surface area contributed by atoms with Gasteiger partial charge in [-0.3, -0.25) is 14.7 Å². The Hall–Kier alpha value is -2.13. The van der Waals surface area contributed by atoms with Gasteiger partial charge in [-0.2, -0.15) is 0 Å². The summed E-state index contributed by atoms with van der Waals surface area (Å²) in [5.41, 5.74) is 3.14. The van der Waals surface area contributed by atoms with Crippen LogP contribution in [-0.4, -0.2) is 62.4 Å². The van der Waals surface area contributed by atoms with Gasteiger partial charge >= 0.3 is 0 Å². The Balaban J connectivity index is 0.00000385. The van der Waals surface area contributed by atoms with E-state index in [9.17, 15) is 4.79 Å². The Morgan fingerprint density at radius 2 is 1.70 bits per heavy atom. The van der Waals surface area contributed by atoms with Gasteiger partial charge in [0, 0.05) is 39.8 Å². The third-order valence-electron chi connectivity index (χ3n) is 6.20. The normalized spacial score (nSPS) is 15.9. The zero-order valence-corrected chi connectivity index (χ0v) is 22.6. The summed E-state index contributed by atoms with van der Waals surface area (Å²) in [5, 5.41) is 6.93. The first-order valence-electron chi connectivity index (χ1n) is 11.5. The van der Waals surface area contributed by atoms with Gasteiger partial charge in [-0.25, -0.2) is 0 Å². The fourth-order valence-electron chi connectivity index (χ4n) is 4.10. The number of nitrogens with zero attached hydrogens (tertiary/aromatic N) is 3. The first-order valence-corrected chi connectivity index (χ1v) is 11.5. The molecule has 0 radical (unpaired) electrons. The van der Waals surface area contributed by atoms with Crippen LogP contribution in [0.2, 0.25) is 0 Å². The fraction of sp³-hybridized carbons (Fsp3) is 0.462. The smallest absolute Gasteiger partial charge is 0.253 e. The van der Waals surface area contributed by atoms with Crippen molar-refractivity contribution in [1.82, 2.24) is 20.4 Å². The van der Waals surface area contributed by atoms with E-state index in [1.165, 1.54) is 18.4 Å². The molecule has 0 bridgehead atoms. The van der Waals surface area contributed by atoms with Crippen LogP contribution in [-0.2, 0) is 6.54 Å². The van der Waals surface area contributed by atoms with Gasteiger partial charge in [0.1, 0.15) is 0 Å². The number of likely N-dealkylation sites (tertiary alicyclic amines) is 1. The largest absolute Gasteiger partial charge is 0.354 e. The van der Waals surface area contributed by atoms with E-state index in [4.69, 9.17) is 0 Å². The van der Waals surface area contributed by atoms with Crippen molar-refractivity contribution in [3.05, 3.63) is 71.3 Å². The van der Waals surface area contributed by atoms with Crippen LogP contribution in [0.4, 0.5) is 0 Å². The van der Waals surface area contributed by atoms with E-state index in [-0.39, 0.29) is 29.9 Å². The van der Waals surface area contributed by atoms with Gasteiger partial charge < -0.3 is 15.5 Å². The number of carbonyl (C=O) groups is 1. The van der Waals surface area contributed by atoms with Gasteiger partial charge in [-0.05, 0) is 55.1 Å². The molecule has 1 saturated heterocycles. The third kappa shape index (κ3) is 7.99. The van der Waals surface area contributed by atoms with Gasteiger partial charge in [0.2, 0.25) is 0 Å². The molecule has 0 aromatic heterocycles. The van der Waals surface area contributed by atoms with Crippen LogP contribution >= 0.6 is 24.0 Å². The number of rotatable bonds is 7. The van der Waals surface area contributed by atoms with E-state index >= 15 is 0 Å². The molecule has 1 aliphatic rings. The number of guanidine groups is 1. The summed E-state index contributed by atoms with van der Waals surface area (Å²) in [6, 6.07) is 18.8. The SMILES string of the molecule is CN=C(NCc1ccc(C(=O)N(C)C)cc1)NCC(c1ccccc1)N1CCC(C)CC1.I. The Bertz CT molecular complexity index is 877. The van der Waals surface area contributed by atoms with Crippen LogP contribution in [0.1, 0.15) is 47.3 Å². The average Bonchev–Trinajstić information content (AvgIpc) is 2.82. The summed E-state index contributed by atoms with van der Waals surface area (Å²) in [4.78, 5) is 20.7. The van der Waals surface area contributed by atoms with Crippen molar-refractivity contribution in [1.29, 1.82) is 0 Å². The standard InChI is InChI=1S/C26H37N5O.HI/c1-20-14-16-31(17-15-20)24(22-8-6-5-7-9-22)19-29-26(27-2)28-18-21-10-12-23(13-11-21)25(32)30(3)4;/h5-13,20,24H,14-19H2,1-4H3,(H2,27,28,29);1H. The molecule has 0 spiro atoms. The third-order valence-corrected chi connectivity index (χ3v) is 6.20. The number of carbonyl (C=O) groups excluding carboxylic acids is 1. The van der Waals surface area contributed by atoms with Crippen molar-refractivity contribution >= 4 is 35.8 Å². The molecule has 6 nitrogen and oxygen atoms in total. The second-order valence-electron chi connectivity index (χ2n) is 8.85. The Labute approximate surface area is 215 Å². The van der Waals surface area contributed by atoms with Crippen LogP contribution < -0.4 is 10.6 Å². The summed E-state index contributed by atoms with van der Waals surface area (Å²) in [5.74, 6) is 1.61. The molecule has 1 unspecified atom stereocenters. The minimum Gasteiger partial charge on any atom is -0.354 e. The molecular formula is C26H38IN5O. The number of nitrogens with one attached hydrogen (secondary N) is 2. The molecule has 1 atom stereocenters. The molecule has 180 valence electrons. The molecular weight excluding hydrogens is 525 g/mol. The minimum absolute atomic E-state index is 0. The molecule has 1 fully saturated rings. The number of hydrogen-bond donors (Lipinski definition) is 2. The van der Waals surface area contributed by atoms with E-state index in [0.717, 1.165) is 37.1 Å². The highest BCUT2D eigenvalue weighted by Crippen LogP contribution is 2.26. The fourth-order valence-corrected chi connectivity index (χ4v) is 4.10. The van der Waals surface area contributed by atoms with E-state index in [1.807, 2.05) is 24.3 Å². The molecule has 3 rings (SSSR count). The molecule has 7 heteroatoms. The molecule has 1 heterocycles. The molecule has 1 aliphatic heterocycles. The number of aliphatic imine (C=N–C) groups is 1. The maximum atomic E-state index is 12.1. The lowest BCUT2D eigenvalue weighted by Gasteiger charge is -2.37. The highest BCUT2D eigenvalue weighted by molar-refractivity contribution is 14.0. The topological polar surface area (TPSA) is 60.0 Å². The Kier molecular flexibility index (Phi) is 11.1. The zero-order chi connectivity index (χ0) is 22.9. The second kappa shape index (κ2) is 13.5. The van der Waals surface area contributed by atoms with Crippen LogP contribution in [0.15, 0.2) is 59.6 Å². The van der Waals surface area contributed by atoms with Crippen molar-refractivity contribution in [3.63, 3.8) is 0 Å². The van der Waals surface area contributed by atoms with E-state index in [2.05, 4.69) is 57.8 Å². The Morgan fingerprint density at radius 3 is 2.27 bits per heavy atom. The lowest BCUT2D eigenvalue weighted by Crippen LogP contribution is -2.45. The number of piperidine rings is 1. The molecule has 0 saturated carbocycles. The van der Waals surface area contributed by atoms with E-state index in [1.54, 1.807) is 26.0 Å². The van der Waals surface area contributed by atoms with Gasteiger partial charge in [0.05, 0.1) is 6.04 Å². The highest BCUT2D eigenvalue weighted by Gasteiger charge is 2.24. The average molecular weight is 564 g/mol. The molecule has 33 heavy (non-hydrogen) atoms. The molecule has 1 amide bonds. The lowest BCUT2D eigenvalue weighted by atomic mass is 9.95. The van der Waals surface area contributed by atoms with Crippen molar-refractivity contribution in [2.45, 2.75) is 32.4 Å². The van der Waals surface area contributed by atoms with Crippen LogP contribution in [0, 0.1) is 5.92 Å². The maximum absolute atomic E-state index is 12.1. The zero-order valence-electron chi connectivity index (χ0n) is 20.3. The molecule has 2 aromatic rings. The van der Waals surface area contributed by atoms with Gasteiger partial charge in [0.15, 0.2) is 5.96 Å². The predicted octanol–water partition coefficient (Wildman–Crippen LogP) is 4.14. The first-order chi connectivity index (χ1) is 15.5. The monoisotopic (exact) mass is 563 g/mol. The van der Waals surface area contributed by atoms with Gasteiger partial charge in [-0.1, -0.05) is 49.4 Å². The summed E-state index contributed by atoms with van der Waals surface area (Å²) >= 11 is 0. The number of halogens is 1. The number of amides is 1. The first kappa shape index (κ1) is 27.1. The van der Waals surface area contributed by atoms with Crippen molar-refractivity contribution in [2.75, 3.05) is 40.8 Å². The second-order valence-corrected chi connectivity index (χ2v) is 8.85. The Morgan fingerprint density at radius 1 is 1.06 bits per heavy atom. The van der Waals surface area contributed by atoms with Crippen LogP contribution in [0.25, 0.3) is 0 Å². The predicted molar refractivity (Wildman–Crippen MR) is 147 cm³/mol. The lowest BCUT2D eigenvalue weighted by molar-refractivity contribution is 0.0827. The van der Waals surface area contributed by atoms with Gasteiger partial charge in [0.25, 0.3) is 5.91 Å². The van der Waals surface area contributed by atoms with Crippen molar-refractivity contribution in [2.24, 2.45) is 10.9 Å². The van der Waals surface area contributed by atoms with E-state index < -0.39 is 0 Å². The summed E-state index contributed by atoms with van der Waals surface area (Å²) in [6.45, 7) is 6.06. The maximum Gasteiger partial charge on any atom is 0.253 e. The molecule has 2 aromatic carbocycles. The highest BCUT2D eigenvalue weighted by atomic mass is 127. The summed E-state index contributed by atoms with van der Waals surface area (Å²) in [7, 11) is 5.33. The van der Waals surface area contributed by atoms with Gasteiger partial charge in [-0.15, -0.1) is 24.0 Å². The molecule has 2 N–H and O–H groups in total. The van der Waals surface area contributed by atoms with Crippen molar-refractivity contribution < 1.29 is 4.79 Å². The van der Waals surface area contributed by atoms with E-state index in [0.29, 0.717) is 18.2 Å². The summed E-state index contributed by atoms with van der Waals surface area (Å²) < 4.78 is 0. The number of benzene rings is 2. The summed E-state index contributed by atoms with van der Waals surface area (Å²) in [6.07, 6.45) is 2.51. The number of hydrogen-bond acceptors (Lipinski definition) is 3. The van der Waals surface area contributed by atoms with Crippen molar-refractivity contribution in [3.8, 4) is 0 Å². The quantitative estimate of drug-likeness (QED) is 0.302. The van der Waals surface area contributed by atoms with Crippen LogP contribution in [0.5, 0.6) is 0 Å². The van der Waals surface area contributed by atoms with Crippen LogP contribution in [0.3, 0.4) is 0 Å². The minimum atomic E-state index is 0. The molecule has 0 aliphatic carbocycles.